The molecule has 0 saturated heterocycles. The molecule has 0 aliphatic heterocycles. The Balaban J connectivity index is 1.74. The van der Waals surface area contributed by atoms with E-state index in [0.717, 1.165) is 37.8 Å². The second-order valence-electron chi connectivity index (χ2n) is 7.04. The largest absolute Gasteiger partial charge is 0.394 e. The Morgan fingerprint density at radius 2 is 1.74 bits per heavy atom. The van der Waals surface area contributed by atoms with Crippen LogP contribution in [0.3, 0.4) is 0 Å². The Morgan fingerprint density at radius 1 is 1.16 bits per heavy atom. The molecule has 1 unspecified atom stereocenters. The summed E-state index contributed by atoms with van der Waals surface area (Å²) in [5.74, 6) is 1.95. The Morgan fingerprint density at radius 3 is 2.16 bits per heavy atom. The molecule has 0 spiro atoms. The Kier molecular flexibility index (Phi) is 5.67. The lowest BCUT2D eigenvalue weighted by atomic mass is 9.98. The molecule has 112 valence electrons. The number of aliphatic hydroxyl groups is 1. The molecule has 1 atom stereocenters. The van der Waals surface area contributed by atoms with Crippen molar-refractivity contribution in [3.05, 3.63) is 0 Å². The van der Waals surface area contributed by atoms with Crippen LogP contribution in [0.4, 0.5) is 0 Å². The molecule has 2 aliphatic carbocycles. The molecular formula is C16H32N2O. The second kappa shape index (κ2) is 7.05. The van der Waals surface area contributed by atoms with E-state index in [1.165, 1.54) is 38.8 Å². The van der Waals surface area contributed by atoms with Gasteiger partial charge < -0.3 is 15.3 Å². The number of hydrogen-bond donors (Lipinski definition) is 2. The number of nitrogens with zero attached hydrogens (tertiary/aromatic N) is 1. The van der Waals surface area contributed by atoms with Crippen molar-refractivity contribution >= 4 is 0 Å². The summed E-state index contributed by atoms with van der Waals surface area (Å²) < 4.78 is 0. The van der Waals surface area contributed by atoms with Gasteiger partial charge in [-0.15, -0.1) is 0 Å². The zero-order chi connectivity index (χ0) is 13.7. The minimum absolute atomic E-state index is 0.0959. The summed E-state index contributed by atoms with van der Waals surface area (Å²) in [7, 11) is 0. The standard InChI is InChI=1S/C16H32N2O/c1-3-9-17-16(2,13-19)8-10-18(11-14-4-5-14)12-15-6-7-15/h14-15,17,19H,3-13H2,1-2H3. The third-order valence-corrected chi connectivity index (χ3v) is 4.56. The normalized spacial score (nSPS) is 22.7. The number of rotatable bonds is 11. The van der Waals surface area contributed by atoms with E-state index in [4.69, 9.17) is 0 Å². The molecule has 3 nitrogen and oxygen atoms in total. The van der Waals surface area contributed by atoms with E-state index in [-0.39, 0.29) is 12.1 Å². The van der Waals surface area contributed by atoms with Crippen LogP contribution >= 0.6 is 0 Å². The molecular weight excluding hydrogens is 236 g/mol. The molecule has 2 rings (SSSR count). The van der Waals surface area contributed by atoms with Crippen LogP contribution in [0.25, 0.3) is 0 Å². The summed E-state index contributed by atoms with van der Waals surface area (Å²) in [5.41, 5.74) is -0.0959. The van der Waals surface area contributed by atoms with Crippen LogP contribution in [-0.2, 0) is 0 Å². The van der Waals surface area contributed by atoms with Gasteiger partial charge in [0.15, 0.2) is 0 Å². The van der Waals surface area contributed by atoms with E-state index in [1.807, 2.05) is 0 Å². The van der Waals surface area contributed by atoms with Gasteiger partial charge in [-0.25, -0.2) is 0 Å². The van der Waals surface area contributed by atoms with Gasteiger partial charge in [-0.05, 0) is 70.4 Å². The van der Waals surface area contributed by atoms with Crippen LogP contribution < -0.4 is 5.32 Å². The predicted octanol–water partition coefficient (Wildman–Crippen LogP) is 2.25. The van der Waals surface area contributed by atoms with Crippen molar-refractivity contribution in [2.75, 3.05) is 32.8 Å². The smallest absolute Gasteiger partial charge is 0.0611 e. The quantitative estimate of drug-likeness (QED) is 0.603. The van der Waals surface area contributed by atoms with Crippen molar-refractivity contribution < 1.29 is 5.11 Å². The van der Waals surface area contributed by atoms with Crippen molar-refractivity contribution in [2.45, 2.75) is 57.9 Å². The van der Waals surface area contributed by atoms with E-state index in [9.17, 15) is 5.11 Å². The molecule has 2 fully saturated rings. The molecule has 2 N–H and O–H groups in total. The maximum Gasteiger partial charge on any atom is 0.0611 e. The molecule has 3 heteroatoms. The van der Waals surface area contributed by atoms with Gasteiger partial charge in [0.2, 0.25) is 0 Å². The Hall–Kier alpha value is -0.120. The van der Waals surface area contributed by atoms with Gasteiger partial charge in [-0.2, -0.15) is 0 Å². The molecule has 2 saturated carbocycles. The molecule has 19 heavy (non-hydrogen) atoms. The van der Waals surface area contributed by atoms with E-state index in [1.54, 1.807) is 0 Å². The third kappa shape index (κ3) is 5.80. The first-order chi connectivity index (χ1) is 9.15. The average molecular weight is 268 g/mol. The van der Waals surface area contributed by atoms with Crippen LogP contribution in [-0.4, -0.2) is 48.3 Å². The van der Waals surface area contributed by atoms with E-state index in [0.29, 0.717) is 0 Å². The number of nitrogens with one attached hydrogen (secondary N) is 1. The fourth-order valence-corrected chi connectivity index (χ4v) is 2.64. The van der Waals surface area contributed by atoms with Gasteiger partial charge in [0.1, 0.15) is 0 Å². The van der Waals surface area contributed by atoms with Crippen molar-refractivity contribution in [1.29, 1.82) is 0 Å². The van der Waals surface area contributed by atoms with Gasteiger partial charge in [0.05, 0.1) is 6.61 Å². The summed E-state index contributed by atoms with van der Waals surface area (Å²) >= 11 is 0. The van der Waals surface area contributed by atoms with E-state index < -0.39 is 0 Å². The second-order valence-corrected chi connectivity index (χ2v) is 7.04. The number of hydrogen-bond acceptors (Lipinski definition) is 3. The lowest BCUT2D eigenvalue weighted by Crippen LogP contribution is -2.48. The maximum atomic E-state index is 9.63. The van der Waals surface area contributed by atoms with Gasteiger partial charge in [-0.3, -0.25) is 0 Å². The first-order valence-electron chi connectivity index (χ1n) is 8.23. The monoisotopic (exact) mass is 268 g/mol. The molecule has 2 aliphatic rings. The Bertz CT molecular complexity index is 249. The van der Waals surface area contributed by atoms with Crippen molar-refractivity contribution in [2.24, 2.45) is 11.8 Å². The fraction of sp³-hybridized carbons (Fsp3) is 1.00. The zero-order valence-electron chi connectivity index (χ0n) is 12.8. The SMILES string of the molecule is CCCNC(C)(CO)CCN(CC1CC1)CC1CC1. The topological polar surface area (TPSA) is 35.5 Å². The molecule has 0 aromatic rings. The van der Waals surface area contributed by atoms with Crippen LogP contribution in [0.15, 0.2) is 0 Å². The average Bonchev–Trinajstić information content (AvgIpc) is 3.29. The highest BCUT2D eigenvalue weighted by molar-refractivity contribution is 4.87. The minimum atomic E-state index is -0.0959. The van der Waals surface area contributed by atoms with E-state index in [2.05, 4.69) is 24.1 Å². The van der Waals surface area contributed by atoms with Gasteiger partial charge >= 0.3 is 0 Å². The van der Waals surface area contributed by atoms with Crippen LogP contribution in [0.1, 0.15) is 52.4 Å². The molecule has 0 heterocycles. The summed E-state index contributed by atoms with van der Waals surface area (Å²) in [6, 6.07) is 0. The van der Waals surface area contributed by atoms with Crippen molar-refractivity contribution in [1.82, 2.24) is 10.2 Å². The summed E-state index contributed by atoms with van der Waals surface area (Å²) in [5, 5.41) is 13.1. The molecule has 0 bridgehead atoms. The maximum absolute atomic E-state index is 9.63. The third-order valence-electron chi connectivity index (χ3n) is 4.56. The van der Waals surface area contributed by atoms with Gasteiger partial charge in [0, 0.05) is 18.6 Å². The number of aliphatic hydroxyl groups excluding tert-OH is 1. The Labute approximate surface area is 118 Å². The molecule has 0 aromatic carbocycles. The fourth-order valence-electron chi connectivity index (χ4n) is 2.64. The molecule has 0 aromatic heterocycles. The van der Waals surface area contributed by atoms with E-state index >= 15 is 0 Å². The summed E-state index contributed by atoms with van der Waals surface area (Å²) in [4.78, 5) is 2.66. The molecule has 0 amide bonds. The zero-order valence-corrected chi connectivity index (χ0v) is 12.8. The highest BCUT2D eigenvalue weighted by Crippen LogP contribution is 2.34. The van der Waals surface area contributed by atoms with Crippen LogP contribution in [0, 0.1) is 11.8 Å². The van der Waals surface area contributed by atoms with Crippen molar-refractivity contribution in [3.8, 4) is 0 Å². The minimum Gasteiger partial charge on any atom is -0.394 e. The lowest BCUT2D eigenvalue weighted by Gasteiger charge is -2.32. The predicted molar refractivity (Wildman–Crippen MR) is 80.3 cm³/mol. The van der Waals surface area contributed by atoms with Crippen LogP contribution in [0.2, 0.25) is 0 Å². The first-order valence-corrected chi connectivity index (χ1v) is 8.23. The lowest BCUT2D eigenvalue weighted by molar-refractivity contribution is 0.142. The summed E-state index contributed by atoms with van der Waals surface area (Å²) in [6.07, 6.45) is 7.93. The summed E-state index contributed by atoms with van der Waals surface area (Å²) in [6.45, 7) is 9.32. The van der Waals surface area contributed by atoms with Crippen molar-refractivity contribution in [3.63, 3.8) is 0 Å². The first kappa shape index (κ1) is 15.3. The van der Waals surface area contributed by atoms with Gasteiger partial charge in [-0.1, -0.05) is 6.92 Å². The van der Waals surface area contributed by atoms with Gasteiger partial charge in [0.25, 0.3) is 0 Å². The molecule has 0 radical (unpaired) electrons. The highest BCUT2D eigenvalue weighted by Gasteiger charge is 2.30. The highest BCUT2D eigenvalue weighted by atomic mass is 16.3. The van der Waals surface area contributed by atoms with Crippen LogP contribution in [0.5, 0.6) is 0 Å².